The van der Waals surface area contributed by atoms with Gasteiger partial charge in [0.1, 0.15) is 5.82 Å². The van der Waals surface area contributed by atoms with Gasteiger partial charge in [0.15, 0.2) is 0 Å². The monoisotopic (exact) mass is 397 g/mol. The lowest BCUT2D eigenvalue weighted by Crippen LogP contribution is -2.24. The van der Waals surface area contributed by atoms with E-state index < -0.39 is 0 Å². The SMILES string of the molecule is CCCNC(c1cc(C)cc(F)c1)c1cccc(C)c1I. The zero-order valence-corrected chi connectivity index (χ0v) is 14.9. The van der Waals surface area contributed by atoms with Gasteiger partial charge in [-0.3, -0.25) is 0 Å². The van der Waals surface area contributed by atoms with E-state index in [-0.39, 0.29) is 11.9 Å². The van der Waals surface area contributed by atoms with E-state index in [4.69, 9.17) is 0 Å². The molecule has 0 aliphatic carbocycles. The van der Waals surface area contributed by atoms with Gasteiger partial charge in [-0.05, 0) is 83.8 Å². The molecular formula is C18H21FIN. The van der Waals surface area contributed by atoms with E-state index in [1.54, 1.807) is 12.1 Å². The summed E-state index contributed by atoms with van der Waals surface area (Å²) in [6.45, 7) is 7.09. The molecule has 1 nitrogen and oxygen atoms in total. The van der Waals surface area contributed by atoms with Crippen molar-refractivity contribution in [2.75, 3.05) is 6.54 Å². The van der Waals surface area contributed by atoms with Crippen molar-refractivity contribution in [2.24, 2.45) is 0 Å². The zero-order chi connectivity index (χ0) is 15.4. The van der Waals surface area contributed by atoms with Crippen molar-refractivity contribution < 1.29 is 4.39 Å². The van der Waals surface area contributed by atoms with Gasteiger partial charge in [0.05, 0.1) is 6.04 Å². The molecule has 2 aromatic rings. The van der Waals surface area contributed by atoms with Crippen molar-refractivity contribution in [1.82, 2.24) is 5.32 Å². The van der Waals surface area contributed by atoms with Crippen molar-refractivity contribution in [1.29, 1.82) is 0 Å². The maximum atomic E-state index is 13.8. The average molecular weight is 397 g/mol. The van der Waals surface area contributed by atoms with E-state index in [2.05, 4.69) is 66.0 Å². The van der Waals surface area contributed by atoms with Crippen LogP contribution in [0.4, 0.5) is 4.39 Å². The molecule has 1 N–H and O–H groups in total. The van der Waals surface area contributed by atoms with Crippen molar-refractivity contribution in [2.45, 2.75) is 33.2 Å². The average Bonchev–Trinajstić information content (AvgIpc) is 2.42. The molecule has 0 radical (unpaired) electrons. The summed E-state index contributed by atoms with van der Waals surface area (Å²) in [5, 5.41) is 3.55. The molecule has 0 bridgehead atoms. The Morgan fingerprint density at radius 2 is 1.95 bits per heavy atom. The highest BCUT2D eigenvalue weighted by atomic mass is 127. The van der Waals surface area contributed by atoms with Crippen molar-refractivity contribution in [3.05, 3.63) is 68.0 Å². The number of benzene rings is 2. The van der Waals surface area contributed by atoms with E-state index in [0.29, 0.717) is 0 Å². The van der Waals surface area contributed by atoms with E-state index in [0.717, 1.165) is 24.1 Å². The molecule has 1 atom stereocenters. The number of hydrogen-bond donors (Lipinski definition) is 1. The zero-order valence-electron chi connectivity index (χ0n) is 12.7. The normalized spacial score (nSPS) is 12.4. The minimum absolute atomic E-state index is 0.0335. The topological polar surface area (TPSA) is 12.0 Å². The fourth-order valence-electron chi connectivity index (χ4n) is 2.52. The molecule has 112 valence electrons. The highest BCUT2D eigenvalue weighted by Gasteiger charge is 2.18. The Labute approximate surface area is 140 Å². The Balaban J connectivity index is 2.49. The van der Waals surface area contributed by atoms with Gasteiger partial charge >= 0.3 is 0 Å². The number of rotatable bonds is 5. The molecule has 0 saturated carbocycles. The summed E-state index contributed by atoms with van der Waals surface area (Å²) in [4.78, 5) is 0. The van der Waals surface area contributed by atoms with Crippen molar-refractivity contribution >= 4 is 22.6 Å². The van der Waals surface area contributed by atoms with E-state index >= 15 is 0 Å². The first-order valence-electron chi connectivity index (χ1n) is 7.28. The van der Waals surface area contributed by atoms with Gasteiger partial charge in [0.25, 0.3) is 0 Å². The van der Waals surface area contributed by atoms with Crippen LogP contribution in [-0.2, 0) is 0 Å². The van der Waals surface area contributed by atoms with Gasteiger partial charge in [0.2, 0.25) is 0 Å². The third-order valence-corrected chi connectivity index (χ3v) is 5.00. The first-order chi connectivity index (χ1) is 10.0. The molecule has 2 aromatic carbocycles. The maximum absolute atomic E-state index is 13.8. The Bertz CT molecular complexity index is 604. The van der Waals surface area contributed by atoms with E-state index in [9.17, 15) is 4.39 Å². The predicted molar refractivity (Wildman–Crippen MR) is 95.2 cm³/mol. The molecule has 1 unspecified atom stereocenters. The predicted octanol–water partition coefficient (Wildman–Crippen LogP) is 5.14. The van der Waals surface area contributed by atoms with Gasteiger partial charge < -0.3 is 5.32 Å². The van der Waals surface area contributed by atoms with Crippen molar-refractivity contribution in [3.8, 4) is 0 Å². The Hall–Kier alpha value is -0.940. The van der Waals surface area contributed by atoms with Crippen LogP contribution in [0.25, 0.3) is 0 Å². The van der Waals surface area contributed by atoms with E-state index in [1.807, 2.05) is 6.92 Å². The van der Waals surface area contributed by atoms with Crippen LogP contribution in [0, 0.1) is 23.2 Å². The highest BCUT2D eigenvalue weighted by molar-refractivity contribution is 14.1. The summed E-state index contributed by atoms with van der Waals surface area (Å²) in [7, 11) is 0. The highest BCUT2D eigenvalue weighted by Crippen LogP contribution is 2.29. The molecule has 0 aliphatic heterocycles. The molecular weight excluding hydrogens is 376 g/mol. The summed E-state index contributed by atoms with van der Waals surface area (Å²) in [6.07, 6.45) is 1.05. The molecule has 3 heteroatoms. The molecule has 21 heavy (non-hydrogen) atoms. The first kappa shape index (κ1) is 16.4. The maximum Gasteiger partial charge on any atom is 0.123 e. The second kappa shape index (κ2) is 7.36. The fraction of sp³-hybridized carbons (Fsp3) is 0.333. The number of halogens is 2. The third-order valence-electron chi connectivity index (χ3n) is 3.53. The first-order valence-corrected chi connectivity index (χ1v) is 8.36. The van der Waals surface area contributed by atoms with Crippen molar-refractivity contribution in [3.63, 3.8) is 0 Å². The van der Waals surface area contributed by atoms with Crippen LogP contribution in [0.15, 0.2) is 36.4 Å². The lowest BCUT2D eigenvalue weighted by atomic mass is 9.96. The standard InChI is InChI=1S/C18H21FIN/c1-4-8-21-18(14-9-12(2)10-15(19)11-14)16-7-5-6-13(3)17(16)20/h5-7,9-11,18,21H,4,8H2,1-3H3. The Morgan fingerprint density at radius 1 is 1.19 bits per heavy atom. The summed E-state index contributed by atoms with van der Waals surface area (Å²) in [5.41, 5.74) is 4.42. The molecule has 0 fully saturated rings. The van der Waals surface area contributed by atoms with Crippen LogP contribution in [0.1, 0.15) is 41.6 Å². The van der Waals surface area contributed by atoms with E-state index in [1.165, 1.54) is 14.7 Å². The summed E-state index contributed by atoms with van der Waals surface area (Å²) < 4.78 is 15.0. The smallest absolute Gasteiger partial charge is 0.123 e. The molecule has 0 amide bonds. The minimum atomic E-state index is -0.170. The fourth-order valence-corrected chi connectivity index (χ4v) is 3.19. The van der Waals surface area contributed by atoms with Crippen LogP contribution in [-0.4, -0.2) is 6.54 Å². The molecule has 0 heterocycles. The molecule has 0 saturated heterocycles. The number of hydrogen-bond acceptors (Lipinski definition) is 1. The lowest BCUT2D eigenvalue weighted by Gasteiger charge is -2.22. The molecule has 2 rings (SSSR count). The molecule has 0 spiro atoms. The quantitative estimate of drug-likeness (QED) is 0.690. The van der Waals surface area contributed by atoms with Crippen LogP contribution in [0.5, 0.6) is 0 Å². The van der Waals surface area contributed by atoms with Gasteiger partial charge in [-0.1, -0.05) is 31.2 Å². The summed E-state index contributed by atoms with van der Waals surface area (Å²) in [5.74, 6) is -0.170. The Morgan fingerprint density at radius 3 is 2.62 bits per heavy atom. The second-order valence-electron chi connectivity index (χ2n) is 5.43. The number of aryl methyl sites for hydroxylation is 2. The largest absolute Gasteiger partial charge is 0.306 e. The molecule has 0 aliphatic rings. The van der Waals surface area contributed by atoms with Crippen LogP contribution in [0.2, 0.25) is 0 Å². The van der Waals surface area contributed by atoms with Gasteiger partial charge in [-0.2, -0.15) is 0 Å². The second-order valence-corrected chi connectivity index (χ2v) is 6.51. The van der Waals surface area contributed by atoms with Crippen LogP contribution >= 0.6 is 22.6 Å². The molecule has 0 aromatic heterocycles. The van der Waals surface area contributed by atoms with Gasteiger partial charge in [-0.25, -0.2) is 4.39 Å². The lowest BCUT2D eigenvalue weighted by molar-refractivity contribution is 0.583. The summed E-state index contributed by atoms with van der Waals surface area (Å²) in [6, 6.07) is 11.6. The van der Waals surface area contributed by atoms with Crippen LogP contribution in [0.3, 0.4) is 0 Å². The van der Waals surface area contributed by atoms with Gasteiger partial charge in [0, 0.05) is 3.57 Å². The van der Waals surface area contributed by atoms with Crippen LogP contribution < -0.4 is 5.32 Å². The minimum Gasteiger partial charge on any atom is -0.306 e. The summed E-state index contributed by atoms with van der Waals surface area (Å²) >= 11 is 2.38. The number of nitrogens with one attached hydrogen (secondary N) is 1. The Kier molecular flexibility index (Phi) is 5.76. The third kappa shape index (κ3) is 4.04. The van der Waals surface area contributed by atoms with Gasteiger partial charge in [-0.15, -0.1) is 0 Å².